The van der Waals surface area contributed by atoms with Crippen molar-refractivity contribution in [3.8, 4) is 0 Å². The smallest absolute Gasteiger partial charge is 0.290 e. The summed E-state index contributed by atoms with van der Waals surface area (Å²) in [5.74, 6) is 0. The number of ether oxygens (including phenoxy) is 1. The number of hydrogen-bond acceptors (Lipinski definition) is 6. The van der Waals surface area contributed by atoms with Gasteiger partial charge in [-0.1, -0.05) is 11.6 Å². The van der Waals surface area contributed by atoms with Gasteiger partial charge in [-0.2, -0.15) is 0 Å². The van der Waals surface area contributed by atoms with Crippen molar-refractivity contribution in [2.45, 2.75) is 17.0 Å². The lowest BCUT2D eigenvalue weighted by Gasteiger charge is -2.18. The second-order valence-corrected chi connectivity index (χ2v) is 6.65. The average molecular weight is 336 g/mol. The molecule has 2 N–H and O–H groups in total. The first-order valence-electron chi connectivity index (χ1n) is 6.05. The topological polar surface area (TPSA) is 111 Å². The van der Waals surface area contributed by atoms with E-state index in [-0.39, 0.29) is 11.1 Å². The Hall–Kier alpha value is -1.26. The predicted octanol–water partition coefficient (Wildman–Crippen LogP) is 0.513. The molecule has 1 aromatic carbocycles. The van der Waals surface area contributed by atoms with Gasteiger partial charge in [0.15, 0.2) is 4.90 Å². The fourth-order valence-corrected chi connectivity index (χ4v) is 3.73. The molecule has 1 aliphatic rings. The molecule has 1 saturated heterocycles. The van der Waals surface area contributed by atoms with Crippen molar-refractivity contribution in [2.75, 3.05) is 20.2 Å². The standard InChI is InChI=1S/C11H14ClN3O5S/c1-20-10-6-13-5-8(10)14-21(18,19)11-3-2-7(12)4-9(11)15(16)17/h2-4,8,10,13-14H,5-6H2,1H3/t8?,10-/m0/s1. The zero-order valence-corrected chi connectivity index (χ0v) is 12.6. The summed E-state index contributed by atoms with van der Waals surface area (Å²) in [7, 11) is -2.57. The molecule has 1 heterocycles. The number of hydrogen-bond donors (Lipinski definition) is 2. The summed E-state index contributed by atoms with van der Waals surface area (Å²) in [6.07, 6.45) is -0.328. The molecular formula is C11H14ClN3O5S. The van der Waals surface area contributed by atoms with Crippen molar-refractivity contribution in [1.29, 1.82) is 0 Å². The molecule has 0 bridgehead atoms. The van der Waals surface area contributed by atoms with Crippen LogP contribution in [0.4, 0.5) is 5.69 Å². The van der Waals surface area contributed by atoms with Crippen molar-refractivity contribution in [1.82, 2.24) is 10.0 Å². The van der Waals surface area contributed by atoms with Crippen molar-refractivity contribution >= 4 is 27.3 Å². The molecule has 10 heteroatoms. The lowest BCUT2D eigenvalue weighted by atomic mass is 10.2. The molecule has 0 aromatic heterocycles. The fraction of sp³-hybridized carbons (Fsp3) is 0.455. The summed E-state index contributed by atoms with van der Waals surface area (Å²) in [5.41, 5.74) is -0.560. The van der Waals surface area contributed by atoms with E-state index in [4.69, 9.17) is 16.3 Å². The number of benzene rings is 1. The normalized spacial score (nSPS) is 22.4. The number of methoxy groups -OCH3 is 1. The summed E-state index contributed by atoms with van der Waals surface area (Å²) in [5, 5.41) is 14.1. The SMILES string of the molecule is CO[C@H]1CNCC1NS(=O)(=O)c1ccc(Cl)cc1[N+](=O)[O-]. The van der Waals surface area contributed by atoms with Crippen LogP contribution in [0.2, 0.25) is 5.02 Å². The summed E-state index contributed by atoms with van der Waals surface area (Å²) < 4.78 is 32.3. The van der Waals surface area contributed by atoms with Gasteiger partial charge in [-0.15, -0.1) is 0 Å². The Morgan fingerprint density at radius 2 is 2.19 bits per heavy atom. The van der Waals surface area contributed by atoms with Gasteiger partial charge >= 0.3 is 0 Å². The number of nitrogens with one attached hydrogen (secondary N) is 2. The van der Waals surface area contributed by atoms with Crippen molar-refractivity contribution < 1.29 is 18.1 Å². The summed E-state index contributed by atoms with van der Waals surface area (Å²) in [6.45, 7) is 0.894. The fourth-order valence-electron chi connectivity index (χ4n) is 2.14. The Bertz CT molecular complexity index is 651. The van der Waals surface area contributed by atoms with E-state index in [0.717, 1.165) is 12.1 Å². The molecule has 0 spiro atoms. The summed E-state index contributed by atoms with van der Waals surface area (Å²) in [6, 6.07) is 2.93. The first kappa shape index (κ1) is 16.1. The number of nitrogens with zero attached hydrogens (tertiary/aromatic N) is 1. The second kappa shape index (κ2) is 6.24. The van der Waals surface area contributed by atoms with Crippen LogP contribution < -0.4 is 10.0 Å². The van der Waals surface area contributed by atoms with Crippen molar-refractivity contribution in [3.63, 3.8) is 0 Å². The maximum absolute atomic E-state index is 12.3. The van der Waals surface area contributed by atoms with Crippen molar-refractivity contribution in [3.05, 3.63) is 33.3 Å². The van der Waals surface area contributed by atoms with Gasteiger partial charge in [0.2, 0.25) is 10.0 Å². The molecule has 2 rings (SSSR count). The zero-order valence-electron chi connectivity index (χ0n) is 11.1. The van der Waals surface area contributed by atoms with Gasteiger partial charge in [-0.05, 0) is 12.1 Å². The van der Waals surface area contributed by atoms with Gasteiger partial charge in [0.1, 0.15) is 0 Å². The van der Waals surface area contributed by atoms with Gasteiger partial charge in [-0.25, -0.2) is 13.1 Å². The molecular weight excluding hydrogens is 322 g/mol. The van der Waals surface area contributed by atoms with Crippen LogP contribution in [0.1, 0.15) is 0 Å². The van der Waals surface area contributed by atoms with Gasteiger partial charge < -0.3 is 10.1 Å². The van der Waals surface area contributed by atoms with Gasteiger partial charge in [0.25, 0.3) is 5.69 Å². The third kappa shape index (κ3) is 3.50. The van der Waals surface area contributed by atoms with Crippen LogP contribution in [0.25, 0.3) is 0 Å². The molecule has 21 heavy (non-hydrogen) atoms. The van der Waals surface area contributed by atoms with E-state index >= 15 is 0 Å². The van der Waals surface area contributed by atoms with Crippen LogP contribution in [-0.4, -0.2) is 45.7 Å². The zero-order chi connectivity index (χ0) is 15.6. The predicted molar refractivity (Wildman–Crippen MR) is 75.9 cm³/mol. The van der Waals surface area contributed by atoms with E-state index in [1.54, 1.807) is 0 Å². The van der Waals surface area contributed by atoms with Crippen LogP contribution in [0, 0.1) is 10.1 Å². The molecule has 0 amide bonds. The highest BCUT2D eigenvalue weighted by Crippen LogP contribution is 2.27. The maximum Gasteiger partial charge on any atom is 0.290 e. The molecule has 1 fully saturated rings. The van der Waals surface area contributed by atoms with Crippen LogP contribution >= 0.6 is 11.6 Å². The summed E-state index contributed by atoms with van der Waals surface area (Å²) in [4.78, 5) is 9.80. The monoisotopic (exact) mass is 335 g/mol. The Kier molecular flexibility index (Phi) is 4.79. The van der Waals surface area contributed by atoms with Crippen LogP contribution in [0.3, 0.4) is 0 Å². The third-order valence-electron chi connectivity index (χ3n) is 3.18. The minimum absolute atomic E-state index is 0.0953. The quantitative estimate of drug-likeness (QED) is 0.599. The second-order valence-electron chi connectivity index (χ2n) is 4.53. The van der Waals surface area contributed by atoms with Gasteiger partial charge in [-0.3, -0.25) is 10.1 Å². The number of nitro benzene ring substituents is 1. The van der Waals surface area contributed by atoms with Crippen LogP contribution in [0.5, 0.6) is 0 Å². The van der Waals surface area contributed by atoms with E-state index in [0.29, 0.717) is 13.1 Å². The molecule has 0 saturated carbocycles. The highest BCUT2D eigenvalue weighted by molar-refractivity contribution is 7.89. The van der Waals surface area contributed by atoms with E-state index < -0.39 is 31.6 Å². The Morgan fingerprint density at radius 1 is 1.48 bits per heavy atom. The molecule has 0 radical (unpaired) electrons. The number of halogens is 1. The van der Waals surface area contributed by atoms with Crippen LogP contribution in [-0.2, 0) is 14.8 Å². The Balaban J connectivity index is 2.34. The molecule has 8 nitrogen and oxygen atoms in total. The van der Waals surface area contributed by atoms with E-state index in [1.165, 1.54) is 13.2 Å². The third-order valence-corrected chi connectivity index (χ3v) is 4.95. The first-order chi connectivity index (χ1) is 9.85. The first-order valence-corrected chi connectivity index (χ1v) is 7.91. The minimum Gasteiger partial charge on any atom is -0.378 e. The largest absolute Gasteiger partial charge is 0.378 e. The van der Waals surface area contributed by atoms with Crippen LogP contribution in [0.15, 0.2) is 23.1 Å². The molecule has 1 unspecified atom stereocenters. The van der Waals surface area contributed by atoms with E-state index in [1.807, 2.05) is 0 Å². The molecule has 1 aromatic rings. The minimum atomic E-state index is -4.05. The number of nitro groups is 1. The molecule has 1 aliphatic heterocycles. The molecule has 0 aliphatic carbocycles. The lowest BCUT2D eigenvalue weighted by Crippen LogP contribution is -2.43. The average Bonchev–Trinajstić information content (AvgIpc) is 2.84. The lowest BCUT2D eigenvalue weighted by molar-refractivity contribution is -0.387. The summed E-state index contributed by atoms with van der Waals surface area (Å²) >= 11 is 5.68. The molecule has 116 valence electrons. The van der Waals surface area contributed by atoms with E-state index in [2.05, 4.69) is 10.0 Å². The highest BCUT2D eigenvalue weighted by atomic mass is 35.5. The Labute approximate surface area is 126 Å². The van der Waals surface area contributed by atoms with Gasteiger partial charge in [0.05, 0.1) is 17.1 Å². The Morgan fingerprint density at radius 3 is 2.81 bits per heavy atom. The number of sulfonamides is 1. The van der Waals surface area contributed by atoms with E-state index in [9.17, 15) is 18.5 Å². The maximum atomic E-state index is 12.3. The van der Waals surface area contributed by atoms with Crippen molar-refractivity contribution in [2.24, 2.45) is 0 Å². The number of rotatable bonds is 5. The highest BCUT2D eigenvalue weighted by Gasteiger charge is 2.34. The molecule has 2 atom stereocenters. The van der Waals surface area contributed by atoms with Gasteiger partial charge in [0, 0.05) is 31.3 Å².